The Hall–Kier alpha value is -1.31. The van der Waals surface area contributed by atoms with E-state index < -0.39 is 5.97 Å². The van der Waals surface area contributed by atoms with Gasteiger partial charge in [-0.3, -0.25) is 4.79 Å². The molecule has 2 aliphatic rings. The predicted molar refractivity (Wildman–Crippen MR) is 70.8 cm³/mol. The summed E-state index contributed by atoms with van der Waals surface area (Å²) in [7, 11) is 0. The smallest absolute Gasteiger partial charge is 0.307 e. The van der Waals surface area contributed by atoms with Crippen molar-refractivity contribution in [2.45, 2.75) is 50.4 Å². The van der Waals surface area contributed by atoms with Gasteiger partial charge in [-0.25, -0.2) is 0 Å². The fourth-order valence-electron chi connectivity index (χ4n) is 3.44. The summed E-state index contributed by atoms with van der Waals surface area (Å²) in [6, 6.07) is 8.71. The summed E-state index contributed by atoms with van der Waals surface area (Å²) in [5.41, 5.74) is 2.68. The maximum absolute atomic E-state index is 11.3. The lowest BCUT2D eigenvalue weighted by molar-refractivity contribution is -0.142. The van der Waals surface area contributed by atoms with E-state index in [-0.39, 0.29) is 11.8 Å². The highest BCUT2D eigenvalue weighted by Crippen LogP contribution is 2.42. The summed E-state index contributed by atoms with van der Waals surface area (Å²) < 4.78 is 0. The third-order valence-corrected chi connectivity index (χ3v) is 4.75. The first-order valence-electron chi connectivity index (χ1n) is 7.08. The van der Waals surface area contributed by atoms with Crippen LogP contribution in [0.25, 0.3) is 0 Å². The van der Waals surface area contributed by atoms with Gasteiger partial charge in [-0.15, -0.1) is 0 Å². The van der Waals surface area contributed by atoms with E-state index in [2.05, 4.69) is 24.3 Å². The Labute approximate surface area is 108 Å². The highest BCUT2D eigenvalue weighted by atomic mass is 16.4. The molecule has 0 heterocycles. The SMILES string of the molecule is O=C(O)C1CCCC1c1cccc(C2CCC2)c1. The van der Waals surface area contributed by atoms with E-state index in [1.165, 1.54) is 30.4 Å². The molecule has 1 aromatic rings. The Kier molecular flexibility index (Phi) is 3.11. The molecule has 96 valence electrons. The summed E-state index contributed by atoms with van der Waals surface area (Å²) in [4.78, 5) is 11.3. The molecular weight excluding hydrogens is 224 g/mol. The number of carbonyl (C=O) groups is 1. The van der Waals surface area contributed by atoms with Crippen molar-refractivity contribution in [1.29, 1.82) is 0 Å². The van der Waals surface area contributed by atoms with Crippen LogP contribution < -0.4 is 0 Å². The molecule has 2 heteroatoms. The van der Waals surface area contributed by atoms with E-state index in [1.807, 2.05) is 0 Å². The Balaban J connectivity index is 1.84. The fourth-order valence-corrected chi connectivity index (χ4v) is 3.44. The summed E-state index contributed by atoms with van der Waals surface area (Å²) >= 11 is 0. The molecule has 0 aromatic heterocycles. The van der Waals surface area contributed by atoms with E-state index in [1.54, 1.807) is 0 Å². The zero-order chi connectivity index (χ0) is 12.5. The first kappa shape index (κ1) is 11.8. The molecule has 2 unspecified atom stereocenters. The van der Waals surface area contributed by atoms with Crippen molar-refractivity contribution in [3.8, 4) is 0 Å². The number of hydrogen-bond donors (Lipinski definition) is 1. The van der Waals surface area contributed by atoms with Crippen LogP contribution in [0.1, 0.15) is 61.5 Å². The molecule has 2 saturated carbocycles. The van der Waals surface area contributed by atoms with Gasteiger partial charge in [0.25, 0.3) is 0 Å². The number of benzene rings is 1. The van der Waals surface area contributed by atoms with Crippen LogP contribution >= 0.6 is 0 Å². The molecule has 1 N–H and O–H groups in total. The van der Waals surface area contributed by atoms with Gasteiger partial charge in [-0.05, 0) is 48.6 Å². The summed E-state index contributed by atoms with van der Waals surface area (Å²) in [5.74, 6) is 0.186. The van der Waals surface area contributed by atoms with Gasteiger partial charge in [0.1, 0.15) is 0 Å². The zero-order valence-corrected chi connectivity index (χ0v) is 10.6. The van der Waals surface area contributed by atoms with E-state index in [4.69, 9.17) is 0 Å². The monoisotopic (exact) mass is 244 g/mol. The second-order valence-corrected chi connectivity index (χ2v) is 5.78. The lowest BCUT2D eigenvalue weighted by atomic mass is 9.78. The lowest BCUT2D eigenvalue weighted by Crippen LogP contribution is -2.17. The van der Waals surface area contributed by atoms with Crippen LogP contribution in [-0.4, -0.2) is 11.1 Å². The number of rotatable bonds is 3. The Bertz CT molecular complexity index is 448. The van der Waals surface area contributed by atoms with Crippen molar-refractivity contribution in [3.05, 3.63) is 35.4 Å². The maximum Gasteiger partial charge on any atom is 0.307 e. The average molecular weight is 244 g/mol. The molecule has 0 amide bonds. The minimum Gasteiger partial charge on any atom is -0.481 e. The molecule has 18 heavy (non-hydrogen) atoms. The minimum atomic E-state index is -0.619. The van der Waals surface area contributed by atoms with Crippen LogP contribution in [0.4, 0.5) is 0 Å². The normalized spacial score (nSPS) is 28.0. The number of carboxylic acid groups (broad SMARTS) is 1. The largest absolute Gasteiger partial charge is 0.481 e. The van der Waals surface area contributed by atoms with Crippen LogP contribution in [0.3, 0.4) is 0 Å². The molecule has 2 aliphatic carbocycles. The van der Waals surface area contributed by atoms with Crippen LogP contribution in [0.5, 0.6) is 0 Å². The summed E-state index contributed by atoms with van der Waals surface area (Å²) in [6.45, 7) is 0. The molecule has 1 aromatic carbocycles. The predicted octanol–water partition coefficient (Wildman–Crippen LogP) is 3.92. The van der Waals surface area contributed by atoms with Crippen molar-refractivity contribution in [2.75, 3.05) is 0 Å². The van der Waals surface area contributed by atoms with Gasteiger partial charge in [0.2, 0.25) is 0 Å². The second-order valence-electron chi connectivity index (χ2n) is 5.78. The van der Waals surface area contributed by atoms with Gasteiger partial charge in [0.15, 0.2) is 0 Å². The molecule has 3 rings (SSSR count). The molecule has 0 spiro atoms. The molecule has 0 radical (unpaired) electrons. The quantitative estimate of drug-likeness (QED) is 0.875. The topological polar surface area (TPSA) is 37.3 Å². The Morgan fingerprint density at radius 1 is 1.06 bits per heavy atom. The molecule has 2 atom stereocenters. The second kappa shape index (κ2) is 4.75. The van der Waals surface area contributed by atoms with Gasteiger partial charge < -0.3 is 5.11 Å². The van der Waals surface area contributed by atoms with Crippen molar-refractivity contribution >= 4 is 5.97 Å². The van der Waals surface area contributed by atoms with Crippen molar-refractivity contribution in [3.63, 3.8) is 0 Å². The molecule has 0 aliphatic heterocycles. The van der Waals surface area contributed by atoms with E-state index in [0.717, 1.165) is 25.2 Å². The van der Waals surface area contributed by atoms with Gasteiger partial charge in [0.05, 0.1) is 5.92 Å². The molecule has 0 saturated heterocycles. The highest BCUT2D eigenvalue weighted by Gasteiger charge is 2.34. The number of hydrogen-bond acceptors (Lipinski definition) is 1. The Morgan fingerprint density at radius 2 is 1.78 bits per heavy atom. The van der Waals surface area contributed by atoms with E-state index >= 15 is 0 Å². The van der Waals surface area contributed by atoms with Crippen molar-refractivity contribution in [2.24, 2.45) is 5.92 Å². The van der Waals surface area contributed by atoms with Crippen molar-refractivity contribution < 1.29 is 9.90 Å². The lowest BCUT2D eigenvalue weighted by Gasteiger charge is -2.27. The van der Waals surface area contributed by atoms with Gasteiger partial charge in [-0.2, -0.15) is 0 Å². The highest BCUT2D eigenvalue weighted by molar-refractivity contribution is 5.71. The van der Waals surface area contributed by atoms with E-state index in [9.17, 15) is 9.90 Å². The summed E-state index contributed by atoms with van der Waals surface area (Å²) in [5, 5.41) is 9.28. The van der Waals surface area contributed by atoms with Crippen molar-refractivity contribution in [1.82, 2.24) is 0 Å². The summed E-state index contributed by atoms with van der Waals surface area (Å²) in [6.07, 6.45) is 6.87. The fraction of sp³-hybridized carbons (Fsp3) is 0.562. The molecule has 0 bridgehead atoms. The third-order valence-electron chi connectivity index (χ3n) is 4.75. The van der Waals surface area contributed by atoms with Gasteiger partial charge in [0, 0.05) is 0 Å². The first-order chi connectivity index (χ1) is 8.75. The zero-order valence-electron chi connectivity index (χ0n) is 10.6. The van der Waals surface area contributed by atoms with Gasteiger partial charge >= 0.3 is 5.97 Å². The van der Waals surface area contributed by atoms with Gasteiger partial charge in [-0.1, -0.05) is 37.1 Å². The maximum atomic E-state index is 11.3. The number of aliphatic carboxylic acids is 1. The van der Waals surface area contributed by atoms with Crippen LogP contribution in [0.2, 0.25) is 0 Å². The number of carboxylic acids is 1. The minimum absolute atomic E-state index is 0.165. The van der Waals surface area contributed by atoms with E-state index in [0.29, 0.717) is 0 Å². The average Bonchev–Trinajstić information content (AvgIpc) is 2.76. The third kappa shape index (κ3) is 2.05. The molecular formula is C16H20O2. The van der Waals surface area contributed by atoms with Crippen LogP contribution in [-0.2, 0) is 4.79 Å². The Morgan fingerprint density at radius 3 is 2.44 bits per heavy atom. The molecule has 2 nitrogen and oxygen atoms in total. The van der Waals surface area contributed by atoms with Crippen LogP contribution in [0.15, 0.2) is 24.3 Å². The molecule has 2 fully saturated rings. The standard InChI is InChI=1S/C16H20O2/c17-16(18)15-9-3-8-14(15)13-7-2-6-12(10-13)11-4-1-5-11/h2,6-7,10-11,14-15H,1,3-5,8-9H2,(H,17,18). The first-order valence-corrected chi connectivity index (χ1v) is 7.08. The van der Waals surface area contributed by atoms with Crippen LogP contribution in [0, 0.1) is 5.92 Å².